The number of esters is 3. The third-order valence-corrected chi connectivity index (χ3v) is 12.8. The van der Waals surface area contributed by atoms with E-state index in [1.165, 1.54) is 77.0 Å². The van der Waals surface area contributed by atoms with Gasteiger partial charge in [0.2, 0.25) is 0 Å². The summed E-state index contributed by atoms with van der Waals surface area (Å²) in [7, 11) is 0. The minimum absolute atomic E-state index is 0.106. The van der Waals surface area contributed by atoms with E-state index in [1.807, 2.05) is 0 Å². The van der Waals surface area contributed by atoms with Crippen molar-refractivity contribution in [3.8, 4) is 0 Å². The Labute approximate surface area is 474 Å². The summed E-state index contributed by atoms with van der Waals surface area (Å²) in [5.74, 6) is -0.975. The molecule has 0 heterocycles. The van der Waals surface area contributed by atoms with Gasteiger partial charge in [0.05, 0.1) is 0 Å². The molecule has 6 nitrogen and oxygen atoms in total. The molecule has 0 aliphatic carbocycles. The van der Waals surface area contributed by atoms with Crippen LogP contribution >= 0.6 is 0 Å². The maximum atomic E-state index is 12.9. The summed E-state index contributed by atoms with van der Waals surface area (Å²) in [6.07, 6.45) is 91.4. The molecule has 77 heavy (non-hydrogen) atoms. The fourth-order valence-corrected chi connectivity index (χ4v) is 8.24. The van der Waals surface area contributed by atoms with Gasteiger partial charge in [-0.25, -0.2) is 0 Å². The second-order valence-corrected chi connectivity index (χ2v) is 20.2. The van der Waals surface area contributed by atoms with Gasteiger partial charge in [-0.15, -0.1) is 0 Å². The van der Waals surface area contributed by atoms with E-state index in [0.717, 1.165) is 141 Å². The lowest BCUT2D eigenvalue weighted by Gasteiger charge is -2.18. The first-order valence-corrected chi connectivity index (χ1v) is 31.3. The third-order valence-electron chi connectivity index (χ3n) is 12.8. The Morgan fingerprint density at radius 1 is 0.260 bits per heavy atom. The lowest BCUT2D eigenvalue weighted by Crippen LogP contribution is -2.30. The maximum absolute atomic E-state index is 12.9. The van der Waals surface area contributed by atoms with Crippen molar-refractivity contribution in [3.63, 3.8) is 0 Å². The van der Waals surface area contributed by atoms with E-state index in [1.54, 1.807) is 0 Å². The molecule has 0 saturated heterocycles. The van der Waals surface area contributed by atoms with Crippen LogP contribution in [-0.4, -0.2) is 37.2 Å². The molecule has 0 bridgehead atoms. The fourth-order valence-electron chi connectivity index (χ4n) is 8.24. The van der Waals surface area contributed by atoms with E-state index in [2.05, 4.69) is 167 Å². The summed E-state index contributed by atoms with van der Waals surface area (Å²) >= 11 is 0. The van der Waals surface area contributed by atoms with Crippen molar-refractivity contribution < 1.29 is 28.6 Å². The van der Waals surface area contributed by atoms with Crippen LogP contribution in [0.3, 0.4) is 0 Å². The number of ether oxygens (including phenoxy) is 3. The summed E-state index contributed by atoms with van der Waals surface area (Å²) in [5, 5.41) is 0. The molecule has 0 aliphatic rings. The number of carbonyl (C=O) groups is 3. The highest BCUT2D eigenvalue weighted by atomic mass is 16.6. The Kier molecular flexibility index (Phi) is 59.9. The Hall–Kier alpha value is -4.71. The topological polar surface area (TPSA) is 78.9 Å². The number of carbonyl (C=O) groups excluding carboxylic acids is 3. The molecule has 0 amide bonds. The van der Waals surface area contributed by atoms with Crippen molar-refractivity contribution in [2.75, 3.05) is 13.2 Å². The van der Waals surface area contributed by atoms with Gasteiger partial charge < -0.3 is 14.2 Å². The van der Waals surface area contributed by atoms with Gasteiger partial charge in [0, 0.05) is 19.3 Å². The summed E-state index contributed by atoms with van der Waals surface area (Å²) in [5.41, 5.74) is 0. The van der Waals surface area contributed by atoms with Crippen LogP contribution in [0.5, 0.6) is 0 Å². The van der Waals surface area contributed by atoms with Gasteiger partial charge >= 0.3 is 17.9 Å². The van der Waals surface area contributed by atoms with E-state index >= 15 is 0 Å². The SMILES string of the molecule is CC/C=C\C/C=C\C/C=C\C/C=C\CCCCCCCCCCCCCCCCC(=O)OCC(COC(=O)CCCC/C=C\C/C=C\C/C=C\C/C=C\CC)OC(=O)CCCCCC/C=C\C/C=C\C/C=C\C/C=C\CC. The van der Waals surface area contributed by atoms with Gasteiger partial charge in [0.1, 0.15) is 13.2 Å². The zero-order valence-corrected chi connectivity index (χ0v) is 49.7. The Morgan fingerprint density at radius 2 is 0.468 bits per heavy atom. The third kappa shape index (κ3) is 62.0. The Bertz CT molecular complexity index is 1700. The summed E-state index contributed by atoms with van der Waals surface area (Å²) in [4.78, 5) is 38.3. The summed E-state index contributed by atoms with van der Waals surface area (Å²) in [6.45, 7) is 6.25. The molecule has 1 atom stereocenters. The van der Waals surface area contributed by atoms with Crippen LogP contribution in [0.1, 0.15) is 265 Å². The number of rotatable bonds is 55. The highest BCUT2D eigenvalue weighted by Crippen LogP contribution is 2.15. The first kappa shape index (κ1) is 72.3. The second kappa shape index (κ2) is 63.8. The largest absolute Gasteiger partial charge is 0.462 e. The van der Waals surface area contributed by atoms with Crippen molar-refractivity contribution in [3.05, 3.63) is 146 Å². The monoisotopic (exact) mass is 1060 g/mol. The number of hydrogen-bond acceptors (Lipinski definition) is 6. The molecule has 0 rings (SSSR count). The molecule has 0 aromatic carbocycles. The standard InChI is InChI=1S/C71H114O6/c1-4-7-10-13-16-19-22-25-28-30-31-32-33-34-35-36-37-38-39-41-43-46-49-52-55-58-61-64-70(73)76-67-68(66-75-69(72)63-60-57-54-51-48-45-42-27-24-21-18-15-12-9-6-3)77-71(74)65-62-59-56-53-50-47-44-40-29-26-23-20-17-14-11-8-5-2/h7-12,16-21,25-29,31-32,42,44,47-48,51,68H,4-6,13-15,22-24,30,33-41,43,45-46,49-50,52-67H2,1-3H3/b10-7-,11-8-,12-9-,19-16-,20-17-,21-18-,28-25-,29-26-,32-31-,42-27-,47-44-,51-48-. The first-order valence-electron chi connectivity index (χ1n) is 31.3. The number of allylic oxidation sites excluding steroid dienone is 24. The van der Waals surface area contributed by atoms with Gasteiger partial charge in [-0.3, -0.25) is 14.4 Å². The molecule has 0 aromatic heterocycles. The Morgan fingerprint density at radius 3 is 0.753 bits per heavy atom. The molecular weight excluding hydrogens is 949 g/mol. The van der Waals surface area contributed by atoms with Crippen LogP contribution in [0.2, 0.25) is 0 Å². The van der Waals surface area contributed by atoms with E-state index in [9.17, 15) is 14.4 Å². The first-order chi connectivity index (χ1) is 38.0. The van der Waals surface area contributed by atoms with Gasteiger partial charge in [-0.1, -0.05) is 256 Å². The van der Waals surface area contributed by atoms with Crippen molar-refractivity contribution >= 4 is 17.9 Å². The minimum atomic E-state index is -0.815. The minimum Gasteiger partial charge on any atom is -0.462 e. The average molecular weight is 1060 g/mol. The molecule has 0 fully saturated rings. The van der Waals surface area contributed by atoms with E-state index < -0.39 is 6.10 Å². The molecule has 1 unspecified atom stereocenters. The summed E-state index contributed by atoms with van der Waals surface area (Å²) in [6, 6.07) is 0. The van der Waals surface area contributed by atoms with E-state index in [-0.39, 0.29) is 37.5 Å². The van der Waals surface area contributed by atoms with Crippen LogP contribution in [0.15, 0.2) is 146 Å². The van der Waals surface area contributed by atoms with Crippen LogP contribution < -0.4 is 0 Å². The zero-order valence-electron chi connectivity index (χ0n) is 49.7. The fraction of sp³-hybridized carbons (Fsp3) is 0.620. The molecule has 0 spiro atoms. The molecular formula is C71H114O6. The number of unbranched alkanes of at least 4 members (excludes halogenated alkanes) is 20. The van der Waals surface area contributed by atoms with Crippen molar-refractivity contribution in [1.29, 1.82) is 0 Å². The molecule has 0 radical (unpaired) electrons. The van der Waals surface area contributed by atoms with E-state index in [0.29, 0.717) is 19.3 Å². The molecule has 0 N–H and O–H groups in total. The van der Waals surface area contributed by atoms with Crippen LogP contribution in [0, 0.1) is 0 Å². The average Bonchev–Trinajstić information content (AvgIpc) is 3.43. The highest BCUT2D eigenvalue weighted by Gasteiger charge is 2.19. The van der Waals surface area contributed by atoms with Gasteiger partial charge in [0.15, 0.2) is 6.10 Å². The molecule has 434 valence electrons. The molecule has 0 aromatic rings. The maximum Gasteiger partial charge on any atom is 0.306 e. The van der Waals surface area contributed by atoms with Gasteiger partial charge in [-0.05, 0) is 135 Å². The van der Waals surface area contributed by atoms with E-state index in [4.69, 9.17) is 14.2 Å². The smallest absolute Gasteiger partial charge is 0.306 e. The van der Waals surface area contributed by atoms with Crippen molar-refractivity contribution in [2.24, 2.45) is 0 Å². The summed E-state index contributed by atoms with van der Waals surface area (Å²) < 4.78 is 16.9. The normalized spacial score (nSPS) is 13.1. The van der Waals surface area contributed by atoms with Crippen LogP contribution in [-0.2, 0) is 28.6 Å². The Balaban J connectivity index is 4.38. The van der Waals surface area contributed by atoms with Crippen molar-refractivity contribution in [2.45, 2.75) is 271 Å². The molecule has 0 aliphatic heterocycles. The van der Waals surface area contributed by atoms with Gasteiger partial charge in [-0.2, -0.15) is 0 Å². The van der Waals surface area contributed by atoms with Crippen LogP contribution in [0.25, 0.3) is 0 Å². The molecule has 0 saturated carbocycles. The predicted octanol–water partition coefficient (Wildman–Crippen LogP) is 21.5. The van der Waals surface area contributed by atoms with Gasteiger partial charge in [0.25, 0.3) is 0 Å². The van der Waals surface area contributed by atoms with Crippen molar-refractivity contribution in [1.82, 2.24) is 0 Å². The highest BCUT2D eigenvalue weighted by molar-refractivity contribution is 5.71. The quantitative estimate of drug-likeness (QED) is 0.0261. The molecule has 6 heteroatoms. The number of hydrogen-bond donors (Lipinski definition) is 0. The second-order valence-electron chi connectivity index (χ2n) is 20.2. The lowest BCUT2D eigenvalue weighted by molar-refractivity contribution is -0.167. The van der Waals surface area contributed by atoms with Crippen LogP contribution in [0.4, 0.5) is 0 Å². The lowest BCUT2D eigenvalue weighted by atomic mass is 10.0. The predicted molar refractivity (Wildman–Crippen MR) is 334 cm³/mol. The zero-order chi connectivity index (χ0) is 55.7.